The lowest BCUT2D eigenvalue weighted by Crippen LogP contribution is -2.19. The highest BCUT2D eigenvalue weighted by Gasteiger charge is 2.16. The SMILES string of the molecule is CCNC(C)c1nnn(-c2ccc(OC)c(Br)c2)c1C. The van der Waals surface area contributed by atoms with E-state index in [1.807, 2.05) is 29.8 Å². The zero-order valence-electron chi connectivity index (χ0n) is 12.1. The number of methoxy groups -OCH3 is 1. The van der Waals surface area contributed by atoms with Crippen LogP contribution in [-0.2, 0) is 0 Å². The molecule has 0 saturated heterocycles. The zero-order valence-corrected chi connectivity index (χ0v) is 13.7. The number of nitrogens with one attached hydrogen (secondary N) is 1. The summed E-state index contributed by atoms with van der Waals surface area (Å²) in [7, 11) is 1.65. The summed E-state index contributed by atoms with van der Waals surface area (Å²) in [5.74, 6) is 0.799. The van der Waals surface area contributed by atoms with Gasteiger partial charge in [-0.3, -0.25) is 0 Å². The number of hydrogen-bond donors (Lipinski definition) is 1. The third-order valence-electron chi connectivity index (χ3n) is 3.23. The number of rotatable bonds is 5. The molecule has 20 heavy (non-hydrogen) atoms. The highest BCUT2D eigenvalue weighted by molar-refractivity contribution is 9.10. The molecule has 0 saturated carbocycles. The van der Waals surface area contributed by atoms with Crippen LogP contribution in [0.1, 0.15) is 31.3 Å². The van der Waals surface area contributed by atoms with Crippen molar-refractivity contribution < 1.29 is 4.74 Å². The second-order valence-corrected chi connectivity index (χ2v) is 5.42. The topological polar surface area (TPSA) is 52.0 Å². The molecule has 0 aliphatic heterocycles. The van der Waals surface area contributed by atoms with Crippen LogP contribution in [0, 0.1) is 6.92 Å². The van der Waals surface area contributed by atoms with Crippen LogP contribution in [0.5, 0.6) is 5.75 Å². The molecule has 1 atom stereocenters. The summed E-state index contributed by atoms with van der Waals surface area (Å²) in [5, 5.41) is 11.9. The van der Waals surface area contributed by atoms with E-state index in [0.717, 1.165) is 33.8 Å². The molecule has 0 aliphatic rings. The van der Waals surface area contributed by atoms with Gasteiger partial charge in [0.1, 0.15) is 11.4 Å². The van der Waals surface area contributed by atoms with Crippen LogP contribution in [0.4, 0.5) is 0 Å². The summed E-state index contributed by atoms with van der Waals surface area (Å²) in [6.07, 6.45) is 0. The molecule has 5 nitrogen and oxygen atoms in total. The van der Waals surface area contributed by atoms with E-state index < -0.39 is 0 Å². The van der Waals surface area contributed by atoms with Crippen molar-refractivity contribution in [2.75, 3.05) is 13.7 Å². The molecule has 2 rings (SSSR count). The lowest BCUT2D eigenvalue weighted by atomic mass is 10.2. The third kappa shape index (κ3) is 2.86. The molecule has 1 aromatic carbocycles. The number of nitrogens with zero attached hydrogens (tertiary/aromatic N) is 3. The van der Waals surface area contributed by atoms with Gasteiger partial charge in [-0.05, 0) is 54.5 Å². The standard InChI is InChI=1S/C14H19BrN4O/c1-5-16-9(2)14-10(3)19(18-17-14)11-6-7-13(20-4)12(15)8-11/h6-9,16H,5H2,1-4H3. The Morgan fingerprint density at radius 3 is 2.80 bits per heavy atom. The van der Waals surface area contributed by atoms with Crippen molar-refractivity contribution in [3.63, 3.8) is 0 Å². The summed E-state index contributed by atoms with van der Waals surface area (Å²) in [5.41, 5.74) is 2.96. The highest BCUT2D eigenvalue weighted by Crippen LogP contribution is 2.28. The molecule has 0 aliphatic carbocycles. The van der Waals surface area contributed by atoms with Crippen LogP contribution in [0.25, 0.3) is 5.69 Å². The van der Waals surface area contributed by atoms with Gasteiger partial charge in [-0.1, -0.05) is 12.1 Å². The number of hydrogen-bond acceptors (Lipinski definition) is 4. The predicted octanol–water partition coefficient (Wildman–Crippen LogP) is 3.02. The molecule has 0 bridgehead atoms. The molecule has 1 unspecified atom stereocenters. The van der Waals surface area contributed by atoms with Gasteiger partial charge in [0.25, 0.3) is 0 Å². The second kappa shape index (κ2) is 6.37. The van der Waals surface area contributed by atoms with Crippen molar-refractivity contribution in [2.45, 2.75) is 26.8 Å². The number of halogens is 1. The first-order chi connectivity index (χ1) is 9.58. The normalized spacial score (nSPS) is 12.4. The molecule has 108 valence electrons. The highest BCUT2D eigenvalue weighted by atomic mass is 79.9. The van der Waals surface area contributed by atoms with Gasteiger partial charge in [0.15, 0.2) is 0 Å². The first kappa shape index (κ1) is 15.0. The Kier molecular flexibility index (Phi) is 4.77. The van der Waals surface area contributed by atoms with Crippen LogP contribution in [0.15, 0.2) is 22.7 Å². The van der Waals surface area contributed by atoms with Gasteiger partial charge in [0.2, 0.25) is 0 Å². The number of ether oxygens (including phenoxy) is 1. The first-order valence-electron chi connectivity index (χ1n) is 6.58. The molecule has 0 spiro atoms. The molecule has 1 heterocycles. The maximum Gasteiger partial charge on any atom is 0.133 e. The number of aromatic nitrogens is 3. The minimum Gasteiger partial charge on any atom is -0.496 e. The van der Waals surface area contributed by atoms with Gasteiger partial charge in [0, 0.05) is 0 Å². The van der Waals surface area contributed by atoms with Crippen molar-refractivity contribution in [1.29, 1.82) is 0 Å². The van der Waals surface area contributed by atoms with Gasteiger partial charge in [-0.2, -0.15) is 0 Å². The zero-order chi connectivity index (χ0) is 14.7. The van der Waals surface area contributed by atoms with Crippen molar-refractivity contribution >= 4 is 15.9 Å². The van der Waals surface area contributed by atoms with Crippen molar-refractivity contribution in [3.8, 4) is 11.4 Å². The van der Waals surface area contributed by atoms with E-state index in [1.165, 1.54) is 0 Å². The average Bonchev–Trinajstić information content (AvgIpc) is 2.81. The Morgan fingerprint density at radius 1 is 1.45 bits per heavy atom. The maximum atomic E-state index is 5.24. The summed E-state index contributed by atoms with van der Waals surface area (Å²) in [4.78, 5) is 0. The van der Waals surface area contributed by atoms with Crippen LogP contribution < -0.4 is 10.1 Å². The van der Waals surface area contributed by atoms with Crippen molar-refractivity contribution in [3.05, 3.63) is 34.1 Å². The third-order valence-corrected chi connectivity index (χ3v) is 3.85. The summed E-state index contributed by atoms with van der Waals surface area (Å²) >= 11 is 3.49. The minimum atomic E-state index is 0.190. The van der Waals surface area contributed by atoms with Crippen LogP contribution in [0.3, 0.4) is 0 Å². The number of benzene rings is 1. The molecule has 2 aromatic rings. The fourth-order valence-electron chi connectivity index (χ4n) is 2.18. The summed E-state index contributed by atoms with van der Waals surface area (Å²) in [6, 6.07) is 6.04. The Hall–Kier alpha value is -1.40. The molecule has 0 amide bonds. The van der Waals surface area contributed by atoms with E-state index in [4.69, 9.17) is 4.74 Å². The molecule has 1 aromatic heterocycles. The Morgan fingerprint density at radius 2 is 2.20 bits per heavy atom. The van der Waals surface area contributed by atoms with Gasteiger partial charge in [0.05, 0.1) is 29.0 Å². The lowest BCUT2D eigenvalue weighted by Gasteiger charge is -2.11. The Labute approximate surface area is 127 Å². The van der Waals surface area contributed by atoms with Crippen LogP contribution in [-0.4, -0.2) is 28.6 Å². The molecule has 0 fully saturated rings. The Balaban J connectivity index is 2.36. The second-order valence-electron chi connectivity index (χ2n) is 4.57. The quantitative estimate of drug-likeness (QED) is 0.910. The fourth-order valence-corrected chi connectivity index (χ4v) is 2.70. The first-order valence-corrected chi connectivity index (χ1v) is 7.37. The van der Waals surface area contributed by atoms with Gasteiger partial charge in [-0.25, -0.2) is 4.68 Å². The minimum absolute atomic E-state index is 0.190. The van der Waals surface area contributed by atoms with Gasteiger partial charge >= 0.3 is 0 Å². The lowest BCUT2D eigenvalue weighted by molar-refractivity contribution is 0.412. The molecule has 0 radical (unpaired) electrons. The molecule has 6 heteroatoms. The predicted molar refractivity (Wildman–Crippen MR) is 82.4 cm³/mol. The summed E-state index contributed by atoms with van der Waals surface area (Å²) in [6.45, 7) is 7.11. The smallest absolute Gasteiger partial charge is 0.133 e. The molecule has 1 N–H and O–H groups in total. The fraction of sp³-hybridized carbons (Fsp3) is 0.429. The monoisotopic (exact) mass is 338 g/mol. The maximum absolute atomic E-state index is 5.24. The Bertz CT molecular complexity index is 597. The van der Waals surface area contributed by atoms with Crippen molar-refractivity contribution in [1.82, 2.24) is 20.3 Å². The van der Waals surface area contributed by atoms with E-state index in [2.05, 4.69) is 45.4 Å². The van der Waals surface area contributed by atoms with E-state index in [-0.39, 0.29) is 6.04 Å². The largest absolute Gasteiger partial charge is 0.496 e. The van der Waals surface area contributed by atoms with Gasteiger partial charge in [-0.15, -0.1) is 5.10 Å². The average molecular weight is 339 g/mol. The van der Waals surface area contributed by atoms with Crippen molar-refractivity contribution in [2.24, 2.45) is 0 Å². The summed E-state index contributed by atoms with van der Waals surface area (Å²) < 4.78 is 7.98. The van der Waals surface area contributed by atoms with E-state index >= 15 is 0 Å². The molecular formula is C14H19BrN4O. The van der Waals surface area contributed by atoms with E-state index in [9.17, 15) is 0 Å². The van der Waals surface area contributed by atoms with E-state index in [1.54, 1.807) is 7.11 Å². The van der Waals surface area contributed by atoms with Gasteiger partial charge < -0.3 is 10.1 Å². The van der Waals surface area contributed by atoms with E-state index in [0.29, 0.717) is 0 Å². The van der Waals surface area contributed by atoms with Crippen LogP contribution >= 0.6 is 15.9 Å². The van der Waals surface area contributed by atoms with Crippen LogP contribution in [0.2, 0.25) is 0 Å². The molecular weight excluding hydrogens is 320 g/mol.